The Balaban J connectivity index is 1.71. The van der Waals surface area contributed by atoms with Crippen molar-refractivity contribution in [3.05, 3.63) is 117 Å². The Kier molecular flexibility index (Phi) is 4.47. The maximum atomic E-state index is 13.4. The highest BCUT2D eigenvalue weighted by Crippen LogP contribution is 2.39. The van der Waals surface area contributed by atoms with Gasteiger partial charge in [-0.25, -0.2) is 0 Å². The Bertz CT molecular complexity index is 1290. The fourth-order valence-corrected chi connectivity index (χ4v) is 4.19. The van der Waals surface area contributed by atoms with Crippen LogP contribution in [0.4, 0.5) is 0 Å². The topological polar surface area (TPSA) is 50.5 Å². The third-order valence-corrected chi connectivity index (χ3v) is 5.77. The van der Waals surface area contributed by atoms with E-state index in [-0.39, 0.29) is 17.1 Å². The number of aryl methyl sites for hydroxylation is 1. The molecule has 4 nitrogen and oxygen atoms in total. The molecule has 2 heterocycles. The maximum Gasteiger partial charge on any atom is 0.291 e. The van der Waals surface area contributed by atoms with Gasteiger partial charge in [-0.3, -0.25) is 9.59 Å². The van der Waals surface area contributed by atoms with Crippen LogP contribution in [0.1, 0.15) is 45.8 Å². The average molecular weight is 395 g/mol. The minimum atomic E-state index is -0.473. The fourth-order valence-electron chi connectivity index (χ4n) is 4.19. The molecule has 1 aliphatic rings. The summed E-state index contributed by atoms with van der Waals surface area (Å²) < 4.78 is 5.97. The van der Waals surface area contributed by atoms with Gasteiger partial charge in [0.25, 0.3) is 5.91 Å². The van der Waals surface area contributed by atoms with Gasteiger partial charge in [0, 0.05) is 6.54 Å². The summed E-state index contributed by atoms with van der Waals surface area (Å²) in [5, 5.41) is 0.501. The van der Waals surface area contributed by atoms with Crippen molar-refractivity contribution < 1.29 is 9.21 Å². The van der Waals surface area contributed by atoms with Gasteiger partial charge in [-0.05, 0) is 35.2 Å². The lowest BCUT2D eigenvalue weighted by atomic mass is 9.97. The van der Waals surface area contributed by atoms with E-state index in [0.29, 0.717) is 23.1 Å². The SMILES string of the molecule is CCc1ccc(C2c3c(oc4ccccc4c3=O)C(=O)N2Cc2ccccc2)cc1. The molecule has 3 aromatic carbocycles. The summed E-state index contributed by atoms with van der Waals surface area (Å²) in [5.74, 6) is -0.0968. The van der Waals surface area contributed by atoms with E-state index >= 15 is 0 Å². The average Bonchev–Trinajstić information content (AvgIpc) is 3.06. The second-order valence-electron chi connectivity index (χ2n) is 7.59. The van der Waals surface area contributed by atoms with E-state index < -0.39 is 6.04 Å². The Morgan fingerprint density at radius 2 is 1.53 bits per heavy atom. The molecule has 0 saturated carbocycles. The van der Waals surface area contributed by atoms with Crippen molar-refractivity contribution in [3.63, 3.8) is 0 Å². The number of nitrogens with zero attached hydrogens (tertiary/aromatic N) is 1. The molecule has 1 aromatic heterocycles. The molecular formula is C26H21NO3. The van der Waals surface area contributed by atoms with Crippen LogP contribution in [0.25, 0.3) is 11.0 Å². The van der Waals surface area contributed by atoms with Crippen molar-refractivity contribution in [2.75, 3.05) is 0 Å². The third kappa shape index (κ3) is 2.92. The fraction of sp³-hybridized carbons (Fsp3) is 0.154. The Morgan fingerprint density at radius 3 is 2.27 bits per heavy atom. The van der Waals surface area contributed by atoms with Crippen LogP contribution >= 0.6 is 0 Å². The van der Waals surface area contributed by atoms with Crippen molar-refractivity contribution in [2.24, 2.45) is 0 Å². The minimum absolute atomic E-state index is 0.139. The molecule has 0 spiro atoms. The molecular weight excluding hydrogens is 374 g/mol. The van der Waals surface area contributed by atoms with Crippen molar-refractivity contribution in [1.29, 1.82) is 0 Å². The lowest BCUT2D eigenvalue weighted by Crippen LogP contribution is -2.29. The van der Waals surface area contributed by atoms with Crippen LogP contribution in [-0.2, 0) is 13.0 Å². The van der Waals surface area contributed by atoms with Crippen LogP contribution in [0, 0.1) is 0 Å². The number of hydrogen-bond acceptors (Lipinski definition) is 3. The smallest absolute Gasteiger partial charge is 0.291 e. The number of para-hydroxylation sites is 1. The number of hydrogen-bond donors (Lipinski definition) is 0. The van der Waals surface area contributed by atoms with Gasteiger partial charge in [-0.1, -0.05) is 73.7 Å². The molecule has 0 fully saturated rings. The number of amides is 1. The molecule has 30 heavy (non-hydrogen) atoms. The molecule has 0 radical (unpaired) electrons. The van der Waals surface area contributed by atoms with Gasteiger partial charge in [0.05, 0.1) is 17.0 Å². The van der Waals surface area contributed by atoms with Gasteiger partial charge < -0.3 is 9.32 Å². The van der Waals surface area contributed by atoms with E-state index in [0.717, 1.165) is 17.5 Å². The molecule has 1 amide bonds. The summed E-state index contributed by atoms with van der Waals surface area (Å²) in [4.78, 5) is 28.6. The van der Waals surface area contributed by atoms with Crippen LogP contribution < -0.4 is 5.43 Å². The molecule has 1 atom stereocenters. The number of rotatable bonds is 4. The van der Waals surface area contributed by atoms with Crippen molar-refractivity contribution in [2.45, 2.75) is 25.9 Å². The van der Waals surface area contributed by atoms with Gasteiger partial charge in [-0.15, -0.1) is 0 Å². The number of benzene rings is 3. The summed E-state index contributed by atoms with van der Waals surface area (Å²) >= 11 is 0. The minimum Gasteiger partial charge on any atom is -0.450 e. The van der Waals surface area contributed by atoms with Crippen LogP contribution in [-0.4, -0.2) is 10.8 Å². The van der Waals surface area contributed by atoms with E-state index in [4.69, 9.17) is 4.42 Å². The van der Waals surface area contributed by atoms with E-state index in [1.165, 1.54) is 5.56 Å². The first kappa shape index (κ1) is 18.4. The molecule has 0 saturated heterocycles. The Morgan fingerprint density at radius 1 is 0.833 bits per heavy atom. The van der Waals surface area contributed by atoms with Gasteiger partial charge in [0.15, 0.2) is 5.43 Å². The molecule has 4 aromatic rings. The molecule has 1 unspecified atom stereocenters. The van der Waals surface area contributed by atoms with E-state index in [2.05, 4.69) is 19.1 Å². The monoisotopic (exact) mass is 395 g/mol. The first-order valence-electron chi connectivity index (χ1n) is 10.2. The molecule has 1 aliphatic heterocycles. The largest absolute Gasteiger partial charge is 0.450 e. The molecule has 0 bridgehead atoms. The lowest BCUT2D eigenvalue weighted by molar-refractivity contribution is 0.0714. The van der Waals surface area contributed by atoms with Gasteiger partial charge in [0.1, 0.15) is 5.58 Å². The highest BCUT2D eigenvalue weighted by atomic mass is 16.3. The van der Waals surface area contributed by atoms with Gasteiger partial charge in [0.2, 0.25) is 5.76 Å². The van der Waals surface area contributed by atoms with Crippen molar-refractivity contribution in [3.8, 4) is 0 Å². The third-order valence-electron chi connectivity index (χ3n) is 5.77. The normalized spacial score (nSPS) is 15.6. The second kappa shape index (κ2) is 7.30. The highest BCUT2D eigenvalue weighted by Gasteiger charge is 2.42. The number of carbonyl (C=O) groups excluding carboxylic acids is 1. The molecule has 0 aliphatic carbocycles. The Hall–Kier alpha value is -3.66. The standard InChI is InChI=1S/C26H21NO3/c1-2-17-12-14-19(15-13-17)23-22-24(28)20-10-6-7-11-21(20)30-25(22)26(29)27(23)16-18-8-4-3-5-9-18/h3-15,23H,2,16H2,1H3. The quantitative estimate of drug-likeness (QED) is 0.483. The second-order valence-corrected chi connectivity index (χ2v) is 7.59. The van der Waals surface area contributed by atoms with Crippen LogP contribution in [0.3, 0.4) is 0 Å². The molecule has 0 N–H and O–H groups in total. The number of carbonyl (C=O) groups is 1. The molecule has 4 heteroatoms. The predicted octanol–water partition coefficient (Wildman–Crippen LogP) is 5.10. The van der Waals surface area contributed by atoms with Gasteiger partial charge >= 0.3 is 0 Å². The zero-order valence-electron chi connectivity index (χ0n) is 16.7. The van der Waals surface area contributed by atoms with Crippen molar-refractivity contribution >= 4 is 16.9 Å². The summed E-state index contributed by atoms with van der Waals surface area (Å²) in [6, 6.07) is 24.6. The summed E-state index contributed by atoms with van der Waals surface area (Å²) in [5.41, 5.74) is 3.86. The van der Waals surface area contributed by atoms with Crippen molar-refractivity contribution in [1.82, 2.24) is 4.90 Å². The first-order valence-corrected chi connectivity index (χ1v) is 10.2. The summed E-state index contributed by atoms with van der Waals surface area (Å²) in [6.07, 6.45) is 0.932. The van der Waals surface area contributed by atoms with Crippen LogP contribution in [0.5, 0.6) is 0 Å². The van der Waals surface area contributed by atoms with E-state index in [9.17, 15) is 9.59 Å². The molecule has 148 valence electrons. The highest BCUT2D eigenvalue weighted by molar-refractivity contribution is 5.99. The molecule has 5 rings (SSSR count). The van der Waals surface area contributed by atoms with E-state index in [1.54, 1.807) is 23.1 Å². The zero-order chi connectivity index (χ0) is 20.7. The van der Waals surface area contributed by atoms with Crippen LogP contribution in [0.15, 0.2) is 88.1 Å². The summed E-state index contributed by atoms with van der Waals surface area (Å²) in [6.45, 7) is 2.51. The summed E-state index contributed by atoms with van der Waals surface area (Å²) in [7, 11) is 0. The first-order chi connectivity index (χ1) is 14.7. The zero-order valence-corrected chi connectivity index (χ0v) is 16.7. The van der Waals surface area contributed by atoms with E-state index in [1.807, 2.05) is 48.5 Å². The maximum absolute atomic E-state index is 13.4. The van der Waals surface area contributed by atoms with Crippen LogP contribution in [0.2, 0.25) is 0 Å². The number of fused-ring (bicyclic) bond motifs is 2. The Labute approximate surface area is 174 Å². The van der Waals surface area contributed by atoms with Gasteiger partial charge in [-0.2, -0.15) is 0 Å². The lowest BCUT2D eigenvalue weighted by Gasteiger charge is -2.25. The predicted molar refractivity (Wildman–Crippen MR) is 116 cm³/mol.